The summed E-state index contributed by atoms with van der Waals surface area (Å²) in [4.78, 5) is 37.7. The van der Waals surface area contributed by atoms with Crippen molar-refractivity contribution >= 4 is 43.4 Å². The Morgan fingerprint density at radius 2 is 1.59 bits per heavy atom. The minimum absolute atomic E-state index is 0.0243. The average Bonchev–Trinajstić information content (AvgIpc) is 3.25. The normalized spacial score (nSPS) is 12.9. The van der Waals surface area contributed by atoms with Crippen LogP contribution in [0.3, 0.4) is 0 Å². The van der Waals surface area contributed by atoms with Gasteiger partial charge in [0.2, 0.25) is 0 Å². The number of phenols is 2. The summed E-state index contributed by atoms with van der Waals surface area (Å²) in [5, 5.41) is 19.3. The number of fused-ring (bicyclic) bond motifs is 3. The Kier molecular flexibility index (Phi) is 6.54. The van der Waals surface area contributed by atoms with Crippen molar-refractivity contribution < 1.29 is 23.4 Å². The largest absolute Gasteiger partial charge is 0.506 e. The van der Waals surface area contributed by atoms with Gasteiger partial charge in [0.1, 0.15) is 22.5 Å². The predicted octanol–water partition coefficient (Wildman–Crippen LogP) is 4.70. The summed E-state index contributed by atoms with van der Waals surface area (Å²) in [6.07, 6.45) is -1.48. The van der Waals surface area contributed by atoms with Crippen molar-refractivity contribution in [1.29, 1.82) is 0 Å². The Hall–Kier alpha value is -4.39. The first kappa shape index (κ1) is 26.2. The zero-order valence-electron chi connectivity index (χ0n) is 20.1. The van der Waals surface area contributed by atoms with Gasteiger partial charge in [-0.15, -0.1) is 0 Å². The number of hydrogen-bond donors (Lipinski definition) is 4. The van der Waals surface area contributed by atoms with Gasteiger partial charge < -0.3 is 25.1 Å². The van der Waals surface area contributed by atoms with Crippen molar-refractivity contribution in [2.75, 3.05) is 18.5 Å². The Morgan fingerprint density at radius 3 is 2.31 bits per heavy atom. The molecule has 200 valence electrons. The molecule has 3 heterocycles. The van der Waals surface area contributed by atoms with Gasteiger partial charge in [-0.25, -0.2) is 9.97 Å². The molecule has 6 rings (SSSR count). The maximum atomic E-state index is 12.8. The number of likely N-dealkylation sites (N-methyl/N-ethyl adjacent to an activating group) is 1. The van der Waals surface area contributed by atoms with Crippen LogP contribution in [0.5, 0.6) is 11.5 Å². The van der Waals surface area contributed by atoms with E-state index in [2.05, 4.69) is 55.0 Å². The molecule has 5 aromatic rings. The summed E-state index contributed by atoms with van der Waals surface area (Å²) in [5.41, 5.74) is 1.93. The van der Waals surface area contributed by atoms with E-state index in [4.69, 9.17) is 0 Å². The molecule has 0 atom stereocenters. The zero-order chi connectivity index (χ0) is 28.1. The summed E-state index contributed by atoms with van der Waals surface area (Å²) < 4.78 is 38.0. The van der Waals surface area contributed by atoms with Crippen LogP contribution in [0.15, 0.2) is 63.1 Å². The quantitative estimate of drug-likeness (QED) is 0.219. The van der Waals surface area contributed by atoms with Gasteiger partial charge in [-0.3, -0.25) is 9.59 Å². The van der Waals surface area contributed by atoms with Crippen molar-refractivity contribution in [2.24, 2.45) is 0 Å². The molecule has 3 aromatic carbocycles. The van der Waals surface area contributed by atoms with E-state index < -0.39 is 32.9 Å². The number of rotatable bonds is 1. The van der Waals surface area contributed by atoms with Gasteiger partial charge in [0.15, 0.2) is 0 Å². The van der Waals surface area contributed by atoms with Crippen molar-refractivity contribution in [2.45, 2.75) is 12.6 Å². The first-order valence-corrected chi connectivity index (χ1v) is 12.3. The first-order valence-electron chi connectivity index (χ1n) is 11.5. The van der Waals surface area contributed by atoms with E-state index in [9.17, 15) is 33.0 Å². The zero-order valence-corrected chi connectivity index (χ0v) is 21.7. The fourth-order valence-corrected chi connectivity index (χ4v) is 5.20. The number of aromatic nitrogens is 4. The highest BCUT2D eigenvalue weighted by atomic mass is 79.9. The van der Waals surface area contributed by atoms with Gasteiger partial charge in [0.25, 0.3) is 11.1 Å². The molecule has 0 spiro atoms. The molecule has 2 aromatic heterocycles. The molecular formula is C26H19BrF3N5O4. The van der Waals surface area contributed by atoms with Crippen molar-refractivity contribution in [3.63, 3.8) is 0 Å². The standard InChI is InChI=1S/C17H15N3O2.C9H4BrF3N2O2/c1-20-5-4-11-6-10(2-3-14(11)20)12-7-13-16(15(21)8-12)18-9-19-17(13)22;10-3-1-4(16)7-5(6(3)9(11,12)13)8(17)15-2-14-7/h2-3,6-9,21H,4-5H2,1H3,(H,18,19,22);1-2,16H,(H,14,15,17). The predicted molar refractivity (Wildman–Crippen MR) is 143 cm³/mol. The molecule has 13 heteroatoms. The topological polar surface area (TPSA) is 135 Å². The third kappa shape index (κ3) is 4.80. The van der Waals surface area contributed by atoms with E-state index in [-0.39, 0.29) is 16.8 Å². The van der Waals surface area contributed by atoms with Gasteiger partial charge in [0.05, 0.1) is 29.0 Å². The molecule has 0 unspecified atom stereocenters. The number of hydrogen-bond acceptors (Lipinski definition) is 7. The molecule has 39 heavy (non-hydrogen) atoms. The Labute approximate surface area is 225 Å². The minimum Gasteiger partial charge on any atom is -0.506 e. The number of anilines is 1. The number of nitrogens with one attached hydrogen (secondary N) is 2. The molecule has 0 amide bonds. The van der Waals surface area contributed by atoms with Crippen LogP contribution in [-0.2, 0) is 12.6 Å². The van der Waals surface area contributed by atoms with Crippen LogP contribution in [0.2, 0.25) is 0 Å². The smallest absolute Gasteiger partial charge is 0.418 e. The number of aromatic amines is 2. The lowest BCUT2D eigenvalue weighted by Gasteiger charge is -2.12. The number of benzene rings is 3. The van der Waals surface area contributed by atoms with Gasteiger partial charge in [-0.1, -0.05) is 22.0 Å². The van der Waals surface area contributed by atoms with E-state index in [1.807, 2.05) is 11.1 Å². The summed E-state index contributed by atoms with van der Waals surface area (Å²) in [5.74, 6) is -0.470. The molecule has 0 bridgehead atoms. The molecule has 0 fully saturated rings. The molecule has 0 saturated heterocycles. The Balaban J connectivity index is 0.000000164. The van der Waals surface area contributed by atoms with E-state index >= 15 is 0 Å². The number of nitrogens with zero attached hydrogens (tertiary/aromatic N) is 3. The van der Waals surface area contributed by atoms with Crippen LogP contribution >= 0.6 is 15.9 Å². The van der Waals surface area contributed by atoms with Gasteiger partial charge in [0, 0.05) is 23.8 Å². The molecular weight excluding hydrogens is 583 g/mol. The van der Waals surface area contributed by atoms with Crippen LogP contribution in [0.1, 0.15) is 11.1 Å². The molecule has 0 saturated carbocycles. The molecule has 9 nitrogen and oxygen atoms in total. The minimum atomic E-state index is -4.72. The number of phenolic OH excluding ortho intramolecular Hbond substituents is 2. The number of halogens is 4. The lowest BCUT2D eigenvalue weighted by atomic mass is 10.00. The Bertz CT molecular complexity index is 1870. The van der Waals surface area contributed by atoms with E-state index in [0.29, 0.717) is 10.9 Å². The third-order valence-electron chi connectivity index (χ3n) is 6.40. The summed E-state index contributed by atoms with van der Waals surface area (Å²) >= 11 is 2.68. The van der Waals surface area contributed by atoms with Crippen molar-refractivity contribution in [1.82, 2.24) is 19.9 Å². The van der Waals surface area contributed by atoms with Crippen LogP contribution in [0.25, 0.3) is 32.9 Å². The maximum absolute atomic E-state index is 12.8. The average molecular weight is 602 g/mol. The third-order valence-corrected chi connectivity index (χ3v) is 7.02. The van der Waals surface area contributed by atoms with Crippen LogP contribution in [-0.4, -0.2) is 43.7 Å². The first-order chi connectivity index (χ1) is 18.5. The van der Waals surface area contributed by atoms with Crippen LogP contribution in [0.4, 0.5) is 18.9 Å². The molecule has 1 aliphatic rings. The lowest BCUT2D eigenvalue weighted by molar-refractivity contribution is -0.136. The second-order valence-electron chi connectivity index (χ2n) is 8.84. The fourth-order valence-electron chi connectivity index (χ4n) is 4.56. The number of alkyl halides is 3. The highest BCUT2D eigenvalue weighted by Gasteiger charge is 2.37. The monoisotopic (exact) mass is 601 g/mol. The second-order valence-corrected chi connectivity index (χ2v) is 9.70. The number of aromatic hydroxyl groups is 2. The Morgan fingerprint density at radius 1 is 0.923 bits per heavy atom. The fraction of sp³-hybridized carbons (Fsp3) is 0.154. The molecule has 0 aliphatic carbocycles. The molecule has 1 aliphatic heterocycles. The van der Waals surface area contributed by atoms with Gasteiger partial charge >= 0.3 is 6.18 Å². The van der Waals surface area contributed by atoms with Crippen molar-refractivity contribution in [3.8, 4) is 22.6 Å². The SMILES string of the molecule is CN1CCc2cc(-c3cc(O)c4nc[nH]c(=O)c4c3)ccc21.O=c1[nH]cnc2c(O)cc(Br)c(C(F)(F)F)c12. The van der Waals surface area contributed by atoms with Crippen LogP contribution in [0, 0.1) is 0 Å². The van der Waals surface area contributed by atoms with E-state index in [1.165, 1.54) is 17.6 Å². The second kappa shape index (κ2) is 9.73. The molecule has 4 N–H and O–H groups in total. The highest BCUT2D eigenvalue weighted by Crippen LogP contribution is 2.41. The van der Waals surface area contributed by atoms with Gasteiger partial charge in [-0.2, -0.15) is 13.2 Å². The summed E-state index contributed by atoms with van der Waals surface area (Å²) in [6.45, 7) is 1.02. The van der Waals surface area contributed by atoms with E-state index in [1.54, 1.807) is 12.1 Å². The highest BCUT2D eigenvalue weighted by molar-refractivity contribution is 9.10. The summed E-state index contributed by atoms with van der Waals surface area (Å²) in [7, 11) is 2.08. The van der Waals surface area contributed by atoms with Crippen molar-refractivity contribution in [3.05, 3.63) is 85.4 Å². The lowest BCUT2D eigenvalue weighted by Crippen LogP contribution is -2.15. The molecule has 0 radical (unpaired) electrons. The van der Waals surface area contributed by atoms with Gasteiger partial charge in [-0.05, 0) is 53.4 Å². The van der Waals surface area contributed by atoms with Crippen LogP contribution < -0.4 is 16.0 Å². The summed E-state index contributed by atoms with van der Waals surface area (Å²) in [6, 6.07) is 10.5. The number of H-pyrrole nitrogens is 2. The van der Waals surface area contributed by atoms with E-state index in [0.717, 1.165) is 36.5 Å². The maximum Gasteiger partial charge on any atom is 0.418 e.